The monoisotopic (exact) mass is 413 g/mol. The highest BCUT2D eigenvalue weighted by molar-refractivity contribution is 7.22. The van der Waals surface area contributed by atoms with Gasteiger partial charge in [0.15, 0.2) is 0 Å². The highest BCUT2D eigenvalue weighted by atomic mass is 32.1. The molecule has 4 aromatic carbocycles. The van der Waals surface area contributed by atoms with Crippen LogP contribution in [0.15, 0.2) is 84.9 Å². The van der Waals surface area contributed by atoms with Crippen LogP contribution in [0, 0.1) is 18.6 Å². The van der Waals surface area contributed by atoms with Crippen LogP contribution in [0.5, 0.6) is 0 Å². The summed E-state index contributed by atoms with van der Waals surface area (Å²) >= 11 is 1.62. The first-order valence-corrected chi connectivity index (χ1v) is 10.4. The van der Waals surface area contributed by atoms with E-state index >= 15 is 0 Å². The van der Waals surface area contributed by atoms with E-state index < -0.39 is 0 Å². The third kappa shape index (κ3) is 3.29. The van der Waals surface area contributed by atoms with Gasteiger partial charge in [0.05, 0.1) is 10.2 Å². The Balaban J connectivity index is 1.78. The second-order valence-electron chi connectivity index (χ2n) is 7.19. The first-order chi connectivity index (χ1) is 14.6. The third-order valence-electron chi connectivity index (χ3n) is 5.23. The summed E-state index contributed by atoms with van der Waals surface area (Å²) in [5.41, 5.74) is 6.92. The van der Waals surface area contributed by atoms with Crippen molar-refractivity contribution >= 4 is 21.6 Å². The van der Waals surface area contributed by atoms with Gasteiger partial charge in [-0.3, -0.25) is 0 Å². The van der Waals surface area contributed by atoms with E-state index in [2.05, 4.69) is 19.1 Å². The van der Waals surface area contributed by atoms with E-state index in [4.69, 9.17) is 4.98 Å². The normalized spacial score (nSPS) is 11.2. The van der Waals surface area contributed by atoms with Gasteiger partial charge in [-0.15, -0.1) is 11.3 Å². The molecule has 0 bridgehead atoms. The van der Waals surface area contributed by atoms with Crippen molar-refractivity contribution in [2.24, 2.45) is 0 Å². The second kappa shape index (κ2) is 7.47. The lowest BCUT2D eigenvalue weighted by Crippen LogP contribution is -1.86. The first-order valence-electron chi connectivity index (χ1n) is 9.61. The van der Waals surface area contributed by atoms with Gasteiger partial charge in [-0.2, -0.15) is 0 Å². The van der Waals surface area contributed by atoms with Crippen LogP contribution in [0.1, 0.15) is 5.56 Å². The standard InChI is InChI=1S/C26H17F2NS/c1-16-4-2-3-5-21(16)26-29-24-22(17-6-10-19(27)11-7-17)14-15-23(25(24)30-26)18-8-12-20(28)13-9-18/h2-15H,1H3. The number of nitrogens with zero attached hydrogens (tertiary/aromatic N) is 1. The molecule has 30 heavy (non-hydrogen) atoms. The average Bonchev–Trinajstić information content (AvgIpc) is 3.20. The molecule has 0 N–H and O–H groups in total. The van der Waals surface area contributed by atoms with Crippen LogP contribution in [-0.2, 0) is 0 Å². The van der Waals surface area contributed by atoms with Crippen LogP contribution in [0.4, 0.5) is 8.78 Å². The summed E-state index contributed by atoms with van der Waals surface area (Å²) in [6.45, 7) is 2.07. The molecule has 1 aromatic heterocycles. The summed E-state index contributed by atoms with van der Waals surface area (Å²) in [5, 5.41) is 0.932. The van der Waals surface area contributed by atoms with Crippen LogP contribution in [0.25, 0.3) is 43.0 Å². The predicted octanol–water partition coefficient (Wildman–Crippen LogP) is 7.88. The van der Waals surface area contributed by atoms with E-state index in [9.17, 15) is 8.78 Å². The number of hydrogen-bond donors (Lipinski definition) is 0. The van der Waals surface area contributed by atoms with Crippen LogP contribution in [0.3, 0.4) is 0 Å². The van der Waals surface area contributed by atoms with E-state index in [-0.39, 0.29) is 11.6 Å². The molecule has 146 valence electrons. The molecule has 0 aliphatic heterocycles. The summed E-state index contributed by atoms with van der Waals surface area (Å²) in [5.74, 6) is -0.528. The SMILES string of the molecule is Cc1ccccc1-c1nc2c(-c3ccc(F)cc3)ccc(-c3ccc(F)cc3)c2s1. The topological polar surface area (TPSA) is 12.9 Å². The van der Waals surface area contributed by atoms with Crippen molar-refractivity contribution in [1.29, 1.82) is 0 Å². The lowest BCUT2D eigenvalue weighted by atomic mass is 9.99. The Labute approximate surface area is 177 Å². The Morgan fingerprint density at radius 2 is 1.20 bits per heavy atom. The number of fused-ring (bicyclic) bond motifs is 1. The molecule has 0 saturated heterocycles. The summed E-state index contributed by atoms with van der Waals surface area (Å²) in [4.78, 5) is 5.00. The number of thiazole rings is 1. The fourth-order valence-electron chi connectivity index (χ4n) is 3.65. The zero-order valence-electron chi connectivity index (χ0n) is 16.2. The zero-order valence-corrected chi connectivity index (χ0v) is 17.0. The summed E-state index contributed by atoms with van der Waals surface area (Å²) in [7, 11) is 0. The highest BCUT2D eigenvalue weighted by Crippen LogP contribution is 2.42. The molecule has 5 rings (SSSR count). The van der Waals surface area contributed by atoms with Crippen LogP contribution >= 0.6 is 11.3 Å². The van der Waals surface area contributed by atoms with E-state index in [0.29, 0.717) is 0 Å². The molecule has 5 aromatic rings. The number of aryl methyl sites for hydroxylation is 1. The van der Waals surface area contributed by atoms with Crippen LogP contribution < -0.4 is 0 Å². The first kappa shape index (κ1) is 18.6. The Bertz CT molecular complexity index is 1270. The van der Waals surface area contributed by atoms with Gasteiger partial charge in [0.25, 0.3) is 0 Å². The largest absolute Gasteiger partial charge is 0.235 e. The van der Waals surface area contributed by atoms with Crippen molar-refractivity contribution < 1.29 is 8.78 Å². The molecular formula is C26H17F2NS. The molecule has 0 aliphatic carbocycles. The minimum absolute atomic E-state index is 0.261. The van der Waals surface area contributed by atoms with Gasteiger partial charge < -0.3 is 0 Å². The van der Waals surface area contributed by atoms with Crippen LogP contribution in [0.2, 0.25) is 0 Å². The molecule has 0 saturated carbocycles. The Kier molecular flexibility index (Phi) is 4.64. The van der Waals surface area contributed by atoms with Gasteiger partial charge in [0, 0.05) is 16.7 Å². The third-order valence-corrected chi connectivity index (χ3v) is 6.35. The van der Waals surface area contributed by atoms with Crippen LogP contribution in [-0.4, -0.2) is 4.98 Å². The van der Waals surface area contributed by atoms with Crippen molar-refractivity contribution in [3.63, 3.8) is 0 Å². The summed E-state index contributed by atoms with van der Waals surface area (Å²) in [6.07, 6.45) is 0. The van der Waals surface area contributed by atoms with E-state index in [0.717, 1.165) is 48.6 Å². The van der Waals surface area contributed by atoms with Gasteiger partial charge in [-0.25, -0.2) is 13.8 Å². The molecule has 1 heterocycles. The average molecular weight is 413 g/mol. The Morgan fingerprint density at radius 3 is 1.83 bits per heavy atom. The molecule has 0 amide bonds. The smallest absolute Gasteiger partial charge is 0.124 e. The molecule has 0 aliphatic rings. The lowest BCUT2D eigenvalue weighted by Gasteiger charge is -2.08. The van der Waals surface area contributed by atoms with Gasteiger partial charge >= 0.3 is 0 Å². The predicted molar refractivity (Wildman–Crippen MR) is 121 cm³/mol. The number of rotatable bonds is 3. The van der Waals surface area contributed by atoms with Gasteiger partial charge in [-0.05, 0) is 47.9 Å². The molecule has 0 spiro atoms. The number of hydrogen-bond acceptors (Lipinski definition) is 2. The maximum atomic E-state index is 13.5. The maximum absolute atomic E-state index is 13.5. The number of aromatic nitrogens is 1. The fraction of sp³-hybridized carbons (Fsp3) is 0.0385. The summed E-state index contributed by atoms with van der Waals surface area (Å²) in [6, 6.07) is 25.2. The minimum Gasteiger partial charge on any atom is -0.235 e. The van der Waals surface area contributed by atoms with Gasteiger partial charge in [0.2, 0.25) is 0 Å². The quantitative estimate of drug-likeness (QED) is 0.293. The minimum atomic E-state index is -0.267. The van der Waals surface area contributed by atoms with Gasteiger partial charge in [0.1, 0.15) is 16.6 Å². The molecule has 1 nitrogen and oxygen atoms in total. The van der Waals surface area contributed by atoms with Crippen molar-refractivity contribution in [1.82, 2.24) is 4.98 Å². The summed E-state index contributed by atoms with van der Waals surface area (Å²) < 4.78 is 28.0. The molecular weight excluding hydrogens is 396 g/mol. The van der Waals surface area contributed by atoms with Crippen molar-refractivity contribution in [3.8, 4) is 32.8 Å². The number of halogens is 2. The molecule has 0 radical (unpaired) electrons. The lowest BCUT2D eigenvalue weighted by molar-refractivity contribution is 0.627. The maximum Gasteiger partial charge on any atom is 0.124 e. The Hall–Kier alpha value is -3.37. The van der Waals surface area contributed by atoms with Gasteiger partial charge in [-0.1, -0.05) is 60.7 Å². The Morgan fingerprint density at radius 1 is 0.633 bits per heavy atom. The van der Waals surface area contributed by atoms with Crippen molar-refractivity contribution in [3.05, 3.63) is 102 Å². The van der Waals surface area contributed by atoms with Crippen molar-refractivity contribution in [2.75, 3.05) is 0 Å². The number of benzene rings is 4. The van der Waals surface area contributed by atoms with E-state index in [1.165, 1.54) is 24.3 Å². The fourth-order valence-corrected chi connectivity index (χ4v) is 4.87. The van der Waals surface area contributed by atoms with E-state index in [1.54, 1.807) is 35.6 Å². The highest BCUT2D eigenvalue weighted by Gasteiger charge is 2.16. The second-order valence-corrected chi connectivity index (χ2v) is 8.19. The molecule has 0 fully saturated rings. The molecule has 0 unspecified atom stereocenters. The molecule has 0 atom stereocenters. The van der Waals surface area contributed by atoms with E-state index in [1.807, 2.05) is 24.3 Å². The molecule has 4 heteroatoms. The zero-order chi connectivity index (χ0) is 20.7. The van der Waals surface area contributed by atoms with Crippen molar-refractivity contribution in [2.45, 2.75) is 6.92 Å².